The van der Waals surface area contributed by atoms with E-state index >= 15 is 0 Å². The molecule has 0 heterocycles. The van der Waals surface area contributed by atoms with Gasteiger partial charge in [-0.2, -0.15) is 0 Å². The van der Waals surface area contributed by atoms with Gasteiger partial charge in [0.2, 0.25) is 0 Å². The van der Waals surface area contributed by atoms with E-state index in [1.165, 1.54) is 148 Å². The molecule has 54 heavy (non-hydrogen) atoms. The van der Waals surface area contributed by atoms with Crippen molar-refractivity contribution in [3.63, 3.8) is 0 Å². The van der Waals surface area contributed by atoms with Gasteiger partial charge in [0, 0.05) is 19.3 Å². The molecule has 2 atom stereocenters. The maximum Gasteiger partial charge on any atom is 0.306 e. The Labute approximate surface area is 336 Å². The normalized spacial score (nSPS) is 12.6. The quantitative estimate of drug-likeness (QED) is 0.0350. The fourth-order valence-corrected chi connectivity index (χ4v) is 7.07. The van der Waals surface area contributed by atoms with Gasteiger partial charge in [-0.15, -0.1) is 0 Å². The van der Waals surface area contributed by atoms with Crippen LogP contribution in [0.3, 0.4) is 0 Å². The Balaban J connectivity index is 4.21. The number of hydrogen-bond acceptors (Lipinski definition) is 6. The molecular weight excluding hydrogens is 673 g/mol. The van der Waals surface area contributed by atoms with E-state index in [0.717, 1.165) is 69.6 Å². The maximum atomic E-state index is 12.7. The van der Waals surface area contributed by atoms with Crippen molar-refractivity contribution in [2.45, 2.75) is 265 Å². The minimum atomic E-state index is -0.760. The summed E-state index contributed by atoms with van der Waals surface area (Å²) in [5, 5.41) is 0. The van der Waals surface area contributed by atoms with Crippen LogP contribution in [0.2, 0.25) is 0 Å². The second-order valence-corrected chi connectivity index (χ2v) is 17.1. The highest BCUT2D eigenvalue weighted by Crippen LogP contribution is 2.17. The monoisotopic (exact) mass is 765 g/mol. The molecule has 6 heteroatoms. The van der Waals surface area contributed by atoms with Crippen molar-refractivity contribution in [3.8, 4) is 0 Å². The molecule has 320 valence electrons. The highest BCUT2D eigenvalue weighted by molar-refractivity contribution is 5.71. The second-order valence-electron chi connectivity index (χ2n) is 17.1. The molecule has 0 saturated carbocycles. The third kappa shape index (κ3) is 40.1. The fraction of sp³-hybridized carbons (Fsp3) is 0.938. The number of unbranched alkanes of at least 4 members (excludes halogenated alkanes) is 26. The molecule has 0 aliphatic rings. The Morgan fingerprint density at radius 3 is 1.06 bits per heavy atom. The zero-order chi connectivity index (χ0) is 39.7. The predicted molar refractivity (Wildman–Crippen MR) is 229 cm³/mol. The number of rotatable bonds is 42. The van der Waals surface area contributed by atoms with Crippen molar-refractivity contribution in [2.24, 2.45) is 11.8 Å². The SMILES string of the molecule is CCCCCCCCCCCC(=O)OC[C@H](COC(=O)CCCCCCCCCCCCCCCCC(C)CC)OC(=O)CCCCCCCCC(C)C. The maximum absolute atomic E-state index is 12.7. The second kappa shape index (κ2) is 41.1. The summed E-state index contributed by atoms with van der Waals surface area (Å²) in [5.41, 5.74) is 0. The van der Waals surface area contributed by atoms with Crippen LogP contribution < -0.4 is 0 Å². The first-order chi connectivity index (χ1) is 26.3. The van der Waals surface area contributed by atoms with Gasteiger partial charge in [-0.05, 0) is 31.1 Å². The highest BCUT2D eigenvalue weighted by Gasteiger charge is 2.19. The van der Waals surface area contributed by atoms with E-state index in [1.54, 1.807) is 0 Å². The molecule has 0 N–H and O–H groups in total. The molecule has 0 aromatic heterocycles. The van der Waals surface area contributed by atoms with Crippen LogP contribution in [0.1, 0.15) is 259 Å². The minimum Gasteiger partial charge on any atom is -0.462 e. The number of carbonyl (C=O) groups is 3. The third-order valence-electron chi connectivity index (χ3n) is 11.1. The van der Waals surface area contributed by atoms with Crippen molar-refractivity contribution >= 4 is 17.9 Å². The Hall–Kier alpha value is -1.59. The Kier molecular flexibility index (Phi) is 39.8. The molecule has 0 spiro atoms. The minimum absolute atomic E-state index is 0.0655. The van der Waals surface area contributed by atoms with Gasteiger partial charge in [-0.3, -0.25) is 14.4 Å². The van der Waals surface area contributed by atoms with Gasteiger partial charge in [-0.1, -0.05) is 221 Å². The van der Waals surface area contributed by atoms with Crippen molar-refractivity contribution in [1.82, 2.24) is 0 Å². The lowest BCUT2D eigenvalue weighted by Gasteiger charge is -2.18. The molecule has 0 saturated heterocycles. The van der Waals surface area contributed by atoms with Gasteiger partial charge in [-0.25, -0.2) is 0 Å². The average molecular weight is 765 g/mol. The summed E-state index contributed by atoms with van der Waals surface area (Å²) in [6, 6.07) is 0. The van der Waals surface area contributed by atoms with E-state index in [2.05, 4.69) is 34.6 Å². The van der Waals surface area contributed by atoms with Gasteiger partial charge in [0.15, 0.2) is 6.10 Å². The largest absolute Gasteiger partial charge is 0.462 e. The summed E-state index contributed by atoms with van der Waals surface area (Å²) in [7, 11) is 0. The first-order valence-corrected chi connectivity index (χ1v) is 23.8. The number of hydrogen-bond donors (Lipinski definition) is 0. The molecule has 0 aromatic carbocycles. The molecule has 0 rings (SSSR count). The number of ether oxygens (including phenoxy) is 3. The molecular formula is C48H92O6. The summed E-state index contributed by atoms with van der Waals surface area (Å²) >= 11 is 0. The van der Waals surface area contributed by atoms with E-state index in [1.807, 2.05) is 0 Å². The van der Waals surface area contributed by atoms with Crippen molar-refractivity contribution in [1.29, 1.82) is 0 Å². The van der Waals surface area contributed by atoms with Crippen LogP contribution in [0.4, 0.5) is 0 Å². The van der Waals surface area contributed by atoms with Gasteiger partial charge < -0.3 is 14.2 Å². The van der Waals surface area contributed by atoms with E-state index in [0.29, 0.717) is 19.3 Å². The van der Waals surface area contributed by atoms with Gasteiger partial charge in [0.1, 0.15) is 13.2 Å². The lowest BCUT2D eigenvalue weighted by atomic mass is 9.99. The molecule has 0 aromatic rings. The van der Waals surface area contributed by atoms with E-state index in [-0.39, 0.29) is 31.1 Å². The third-order valence-corrected chi connectivity index (χ3v) is 11.1. The van der Waals surface area contributed by atoms with Crippen LogP contribution in [0.25, 0.3) is 0 Å². The van der Waals surface area contributed by atoms with E-state index in [4.69, 9.17) is 14.2 Å². The van der Waals surface area contributed by atoms with Gasteiger partial charge in [0.05, 0.1) is 0 Å². The molecule has 1 unspecified atom stereocenters. The number of esters is 3. The smallest absolute Gasteiger partial charge is 0.306 e. The van der Waals surface area contributed by atoms with Crippen LogP contribution >= 0.6 is 0 Å². The molecule has 0 bridgehead atoms. The van der Waals surface area contributed by atoms with Crippen molar-refractivity contribution < 1.29 is 28.6 Å². The van der Waals surface area contributed by atoms with Crippen LogP contribution in [0, 0.1) is 11.8 Å². The van der Waals surface area contributed by atoms with E-state index in [9.17, 15) is 14.4 Å². The van der Waals surface area contributed by atoms with Gasteiger partial charge >= 0.3 is 17.9 Å². The van der Waals surface area contributed by atoms with Crippen LogP contribution in [0.15, 0.2) is 0 Å². The zero-order valence-electron chi connectivity index (χ0n) is 36.8. The first kappa shape index (κ1) is 52.4. The molecule has 0 radical (unpaired) electrons. The van der Waals surface area contributed by atoms with Crippen LogP contribution in [-0.2, 0) is 28.6 Å². The Morgan fingerprint density at radius 2 is 0.704 bits per heavy atom. The van der Waals surface area contributed by atoms with Crippen molar-refractivity contribution in [3.05, 3.63) is 0 Å². The van der Waals surface area contributed by atoms with Crippen LogP contribution in [0.5, 0.6) is 0 Å². The fourth-order valence-electron chi connectivity index (χ4n) is 7.07. The molecule has 6 nitrogen and oxygen atoms in total. The van der Waals surface area contributed by atoms with Crippen LogP contribution in [-0.4, -0.2) is 37.2 Å². The summed E-state index contributed by atoms with van der Waals surface area (Å²) in [6.45, 7) is 11.3. The summed E-state index contributed by atoms with van der Waals surface area (Å²) in [4.78, 5) is 37.6. The van der Waals surface area contributed by atoms with Gasteiger partial charge in [0.25, 0.3) is 0 Å². The number of carbonyl (C=O) groups excluding carboxylic acids is 3. The average Bonchev–Trinajstić information content (AvgIpc) is 3.15. The van der Waals surface area contributed by atoms with E-state index < -0.39 is 6.10 Å². The Morgan fingerprint density at radius 1 is 0.389 bits per heavy atom. The molecule has 0 amide bonds. The predicted octanol–water partition coefficient (Wildman–Crippen LogP) is 15.0. The summed E-state index contributed by atoms with van der Waals surface area (Å²) in [6.07, 6.45) is 39.6. The van der Waals surface area contributed by atoms with Crippen molar-refractivity contribution in [2.75, 3.05) is 13.2 Å². The topological polar surface area (TPSA) is 78.9 Å². The first-order valence-electron chi connectivity index (χ1n) is 23.8. The highest BCUT2D eigenvalue weighted by atomic mass is 16.6. The standard InChI is InChI=1S/C48H92O6/c1-6-8-9-10-11-18-22-28-33-38-46(49)52-41-45(54-48(51)40-35-30-25-24-26-31-36-43(3)4)42-53-47(50)39-34-29-23-20-17-15-13-12-14-16-19-21-27-32-37-44(5)7-2/h43-45H,6-42H2,1-5H3/t44?,45-/m1/s1. The summed E-state index contributed by atoms with van der Waals surface area (Å²) in [5.74, 6) is 0.793. The molecule has 0 fully saturated rings. The zero-order valence-corrected chi connectivity index (χ0v) is 36.8. The Bertz CT molecular complexity index is 826. The lowest BCUT2D eigenvalue weighted by Crippen LogP contribution is -2.30. The summed E-state index contributed by atoms with van der Waals surface area (Å²) < 4.78 is 16.7. The molecule has 0 aliphatic carbocycles. The molecule has 0 aliphatic heterocycles. The lowest BCUT2D eigenvalue weighted by molar-refractivity contribution is -0.167.